The van der Waals surface area contributed by atoms with Crippen molar-refractivity contribution in [2.75, 3.05) is 99.9 Å². The number of rotatable bonds is 7. The molecule has 4 rings (SSSR count). The van der Waals surface area contributed by atoms with Gasteiger partial charge >= 0.3 is 0 Å². The number of methoxy groups -OCH3 is 3. The number of hydrogen-bond donors (Lipinski definition) is 0. The Bertz CT molecular complexity index is 1200. The summed E-state index contributed by atoms with van der Waals surface area (Å²) < 4.78 is 15.9. The third-order valence-electron chi connectivity index (χ3n) is 9.26. The second kappa shape index (κ2) is 25.3. The molecule has 7 heteroatoms. The Hall–Kier alpha value is -2.04. The predicted octanol–water partition coefficient (Wildman–Crippen LogP) is 7.65. The van der Waals surface area contributed by atoms with Gasteiger partial charge in [-0.15, -0.1) is 0 Å². The first kappa shape index (κ1) is 51.0. The summed E-state index contributed by atoms with van der Waals surface area (Å²) in [5.41, 5.74) is 0.534. The third-order valence-corrected chi connectivity index (χ3v) is 9.26. The summed E-state index contributed by atoms with van der Waals surface area (Å²) in [5, 5.41) is 0. The first-order valence-corrected chi connectivity index (χ1v) is 21.0. The molecule has 0 radical (unpaired) electrons. The lowest BCUT2D eigenvalue weighted by molar-refractivity contribution is 0.109. The molecule has 0 saturated carbocycles. The molecule has 0 aromatic carbocycles. The number of ether oxygens (including phenoxy) is 3. The van der Waals surface area contributed by atoms with Gasteiger partial charge < -0.3 is 14.2 Å². The van der Waals surface area contributed by atoms with Crippen LogP contribution in [0.4, 0.5) is 0 Å². The summed E-state index contributed by atoms with van der Waals surface area (Å²) >= 11 is 0. The van der Waals surface area contributed by atoms with Crippen LogP contribution in [0.5, 0.6) is 0 Å². The Labute approximate surface area is 341 Å². The lowest BCUT2D eigenvalue weighted by atomic mass is 9.98. The minimum Gasteiger partial charge on any atom is -0.380 e. The van der Waals surface area contributed by atoms with E-state index in [1.54, 1.807) is 21.3 Å². The maximum atomic E-state index is 5.30. The van der Waals surface area contributed by atoms with Gasteiger partial charge in [-0.05, 0) is 121 Å². The summed E-state index contributed by atoms with van der Waals surface area (Å²) in [6, 6.07) is 0. The fourth-order valence-electron chi connectivity index (χ4n) is 6.24. The number of hydrogen-bond acceptors (Lipinski definition) is 7. The van der Waals surface area contributed by atoms with Gasteiger partial charge in [0.05, 0.1) is 44.5 Å². The molecule has 0 spiro atoms. The molecule has 0 aromatic rings. The van der Waals surface area contributed by atoms with Crippen LogP contribution in [0.3, 0.4) is 0 Å². The van der Waals surface area contributed by atoms with E-state index in [9.17, 15) is 0 Å². The van der Waals surface area contributed by atoms with E-state index in [0.29, 0.717) is 18.3 Å². The largest absolute Gasteiger partial charge is 0.380 e. The van der Waals surface area contributed by atoms with E-state index in [1.807, 2.05) is 0 Å². The Morgan fingerprint density at radius 2 is 0.636 bits per heavy atom. The fraction of sp³-hybridized carbons (Fsp3) is 0.833. The fourth-order valence-corrected chi connectivity index (χ4v) is 6.24. The van der Waals surface area contributed by atoms with Gasteiger partial charge in [0.15, 0.2) is 0 Å². The summed E-state index contributed by atoms with van der Waals surface area (Å²) in [6.07, 6.45) is 6.05. The van der Waals surface area contributed by atoms with Crippen molar-refractivity contribution < 1.29 is 14.2 Å². The Morgan fingerprint density at radius 1 is 0.400 bits per heavy atom. The van der Waals surface area contributed by atoms with Crippen molar-refractivity contribution in [3.05, 3.63) is 0 Å². The van der Waals surface area contributed by atoms with Crippen LogP contribution < -0.4 is 0 Å². The molecular weight excluding hydrogens is 681 g/mol. The minimum absolute atomic E-state index is 0.125. The lowest BCUT2D eigenvalue weighted by Gasteiger charge is -2.12. The Kier molecular flexibility index (Phi) is 23.5. The molecule has 4 fully saturated rings. The third kappa shape index (κ3) is 28.1. The van der Waals surface area contributed by atoms with E-state index in [1.165, 1.54) is 19.5 Å². The van der Waals surface area contributed by atoms with Gasteiger partial charge in [-0.25, -0.2) is 0 Å². The molecule has 4 aliphatic rings. The van der Waals surface area contributed by atoms with Crippen LogP contribution in [0.1, 0.15) is 116 Å². The molecule has 4 aliphatic heterocycles. The highest BCUT2D eigenvalue weighted by Crippen LogP contribution is 2.16. The van der Waals surface area contributed by atoms with Crippen molar-refractivity contribution in [3.63, 3.8) is 0 Å². The molecular formula is C48H84N4O3. The Morgan fingerprint density at radius 3 is 0.818 bits per heavy atom. The molecule has 0 N–H and O–H groups in total. The van der Waals surface area contributed by atoms with Crippen molar-refractivity contribution >= 4 is 0 Å². The zero-order valence-corrected chi connectivity index (χ0v) is 38.6. The Balaban J connectivity index is 0.000000367. The van der Waals surface area contributed by atoms with E-state index >= 15 is 0 Å². The summed E-state index contributed by atoms with van der Waals surface area (Å²) in [5.74, 6) is 26.9. The van der Waals surface area contributed by atoms with E-state index in [4.69, 9.17) is 14.2 Å². The second-order valence-corrected chi connectivity index (χ2v) is 20.0. The van der Waals surface area contributed by atoms with Crippen molar-refractivity contribution in [2.24, 2.45) is 27.6 Å². The molecule has 4 heterocycles. The van der Waals surface area contributed by atoms with Gasteiger partial charge in [-0.1, -0.05) is 54.3 Å². The van der Waals surface area contributed by atoms with Crippen molar-refractivity contribution in [3.8, 4) is 47.4 Å². The maximum absolute atomic E-state index is 5.30. The summed E-state index contributed by atoms with van der Waals surface area (Å²) in [6.45, 7) is 40.6. The van der Waals surface area contributed by atoms with Crippen LogP contribution in [0, 0.1) is 74.9 Å². The van der Waals surface area contributed by atoms with Gasteiger partial charge in [0.25, 0.3) is 0 Å². The van der Waals surface area contributed by atoms with Gasteiger partial charge in [0.2, 0.25) is 0 Å². The van der Waals surface area contributed by atoms with Crippen molar-refractivity contribution in [2.45, 2.75) is 134 Å². The van der Waals surface area contributed by atoms with Crippen molar-refractivity contribution in [1.29, 1.82) is 0 Å². The second-order valence-electron chi connectivity index (χ2n) is 20.0. The van der Waals surface area contributed by atoms with E-state index in [0.717, 1.165) is 90.6 Å². The lowest BCUT2D eigenvalue weighted by Crippen LogP contribution is -2.23. The normalized spacial score (nSPS) is 23.5. The van der Waals surface area contributed by atoms with Gasteiger partial charge in [-0.2, -0.15) is 0 Å². The monoisotopic (exact) mass is 765 g/mol. The zero-order chi connectivity index (χ0) is 41.7. The zero-order valence-electron chi connectivity index (χ0n) is 38.6. The maximum Gasteiger partial charge on any atom is 0.0710 e. The standard InChI is InChI=1S/3C12H21NO.C12H21N/c3*1-12(2,3)7-5-8-13-9-6-11(10-13)14-4;1-11-6-9-13(10-11)8-5-7-12(2,3)4/h3*11H,6,8-10H2,1-4H3;11H,6,8-10H2,1-4H3/t2*11-;;/m10../s1. The molecule has 0 aliphatic carbocycles. The van der Waals surface area contributed by atoms with Crippen LogP contribution in [-0.4, -0.2) is 138 Å². The molecule has 2 unspecified atom stereocenters. The molecule has 314 valence electrons. The van der Waals surface area contributed by atoms with E-state index in [-0.39, 0.29) is 21.7 Å². The average molecular weight is 765 g/mol. The molecule has 55 heavy (non-hydrogen) atoms. The van der Waals surface area contributed by atoms with Crippen LogP contribution >= 0.6 is 0 Å². The van der Waals surface area contributed by atoms with Gasteiger partial charge in [0, 0.05) is 88.8 Å². The molecule has 4 atom stereocenters. The summed E-state index contributed by atoms with van der Waals surface area (Å²) in [7, 11) is 5.36. The van der Waals surface area contributed by atoms with Crippen molar-refractivity contribution in [1.82, 2.24) is 19.6 Å². The molecule has 0 bridgehead atoms. The van der Waals surface area contributed by atoms with Crippen LogP contribution in [0.15, 0.2) is 0 Å². The smallest absolute Gasteiger partial charge is 0.0710 e. The molecule has 7 nitrogen and oxygen atoms in total. The predicted molar refractivity (Wildman–Crippen MR) is 235 cm³/mol. The number of likely N-dealkylation sites (tertiary alicyclic amines) is 4. The number of nitrogens with zero attached hydrogens (tertiary/aromatic N) is 4. The van der Waals surface area contributed by atoms with Crippen LogP contribution in [0.2, 0.25) is 0 Å². The minimum atomic E-state index is 0.125. The summed E-state index contributed by atoms with van der Waals surface area (Å²) in [4.78, 5) is 9.51. The first-order valence-electron chi connectivity index (χ1n) is 21.0. The highest BCUT2D eigenvalue weighted by atomic mass is 16.5. The quantitative estimate of drug-likeness (QED) is 0.247. The highest BCUT2D eigenvalue weighted by Gasteiger charge is 2.23. The van der Waals surface area contributed by atoms with Crippen LogP contribution in [-0.2, 0) is 14.2 Å². The SMILES string of the molecule is CC1CCN(CC#CC(C)(C)C)C1.COC1CCN(CC#CC(C)(C)C)C1.CO[C@@H]1CCN(CC#CC(C)(C)C)C1.CO[C@H]1CCN(CC#CC(C)(C)C)C1. The molecule has 0 amide bonds. The van der Waals surface area contributed by atoms with Gasteiger partial charge in [0.1, 0.15) is 0 Å². The molecule has 0 aromatic heterocycles. The topological polar surface area (TPSA) is 40.6 Å². The van der Waals surface area contributed by atoms with E-state index in [2.05, 4.69) is 157 Å². The average Bonchev–Trinajstić information content (AvgIpc) is 3.88. The van der Waals surface area contributed by atoms with Crippen LogP contribution in [0.25, 0.3) is 0 Å². The van der Waals surface area contributed by atoms with E-state index < -0.39 is 0 Å². The highest BCUT2D eigenvalue weighted by molar-refractivity contribution is 5.11. The molecule has 4 saturated heterocycles. The first-order chi connectivity index (χ1) is 25.5. The van der Waals surface area contributed by atoms with Gasteiger partial charge in [-0.3, -0.25) is 19.6 Å².